The molecule has 0 aliphatic heterocycles. The van der Waals surface area contributed by atoms with Crippen molar-refractivity contribution in [2.75, 3.05) is 6.54 Å². The fourth-order valence-electron chi connectivity index (χ4n) is 1.93. The Bertz CT molecular complexity index is 587. The van der Waals surface area contributed by atoms with Gasteiger partial charge in [-0.1, -0.05) is 28.9 Å². The molecule has 0 radical (unpaired) electrons. The highest BCUT2D eigenvalue weighted by Gasteiger charge is 2.10. The minimum Gasteiger partial charge on any atom is -0.310 e. The number of hydrogen-bond donors (Lipinski definition) is 1. The van der Waals surface area contributed by atoms with Gasteiger partial charge in [0.1, 0.15) is 0 Å². The first-order chi connectivity index (χ1) is 10.1. The monoisotopic (exact) mass is 365 g/mol. The molecule has 0 amide bonds. The summed E-state index contributed by atoms with van der Waals surface area (Å²) < 4.78 is 1.12. The van der Waals surface area contributed by atoms with Crippen LogP contribution in [0.5, 0.6) is 0 Å². The summed E-state index contributed by atoms with van der Waals surface area (Å²) >= 11 is 5.25. The van der Waals surface area contributed by atoms with Gasteiger partial charge in [-0.2, -0.15) is 0 Å². The highest BCUT2D eigenvalue weighted by molar-refractivity contribution is 9.10. The van der Waals surface area contributed by atoms with E-state index in [-0.39, 0.29) is 0 Å². The van der Waals surface area contributed by atoms with Gasteiger partial charge in [-0.15, -0.1) is 0 Å². The van der Waals surface area contributed by atoms with Crippen LogP contribution in [0.15, 0.2) is 45.1 Å². The molecule has 0 spiro atoms. The van der Waals surface area contributed by atoms with Crippen LogP contribution in [0.25, 0.3) is 0 Å². The Kier molecular flexibility index (Phi) is 6.21. The summed E-state index contributed by atoms with van der Waals surface area (Å²) in [5.74, 6) is 0. The molecule has 0 aliphatic carbocycles. The predicted molar refractivity (Wildman–Crippen MR) is 91.7 cm³/mol. The lowest BCUT2D eigenvalue weighted by Gasteiger charge is -2.16. The fourth-order valence-corrected chi connectivity index (χ4v) is 3.54. The minimum absolute atomic E-state index is 0.342. The van der Waals surface area contributed by atoms with E-state index >= 15 is 0 Å². The molecule has 0 saturated carbocycles. The second kappa shape index (κ2) is 7.92. The predicted octanol–water partition coefficient (Wildman–Crippen LogP) is 4.76. The van der Waals surface area contributed by atoms with E-state index in [2.05, 4.69) is 63.3 Å². The molecule has 0 bridgehead atoms. The van der Waals surface area contributed by atoms with E-state index in [9.17, 15) is 0 Å². The van der Waals surface area contributed by atoms with Crippen molar-refractivity contribution < 1.29 is 0 Å². The Morgan fingerprint density at radius 1 is 1.29 bits per heavy atom. The maximum Gasteiger partial charge on any atom is 0.192 e. The third-order valence-corrected chi connectivity index (χ3v) is 4.68. The lowest BCUT2D eigenvalue weighted by molar-refractivity contribution is 0.568. The van der Waals surface area contributed by atoms with Crippen LogP contribution in [0.2, 0.25) is 0 Å². The summed E-state index contributed by atoms with van der Waals surface area (Å²) in [5, 5.41) is 4.28. The van der Waals surface area contributed by atoms with Gasteiger partial charge in [-0.25, -0.2) is 9.97 Å². The average Bonchev–Trinajstić information content (AvgIpc) is 2.47. The van der Waals surface area contributed by atoms with Gasteiger partial charge in [0.05, 0.1) is 0 Å². The van der Waals surface area contributed by atoms with Crippen molar-refractivity contribution in [3.63, 3.8) is 0 Å². The van der Waals surface area contributed by atoms with Gasteiger partial charge in [-0.05, 0) is 61.8 Å². The molecule has 1 N–H and O–H groups in total. The summed E-state index contributed by atoms with van der Waals surface area (Å²) in [5.41, 5.74) is 2.35. The quantitative estimate of drug-likeness (QED) is 0.748. The van der Waals surface area contributed by atoms with Crippen LogP contribution in [0.1, 0.15) is 37.4 Å². The smallest absolute Gasteiger partial charge is 0.192 e. The average molecular weight is 366 g/mol. The molecule has 112 valence electrons. The number of benzene rings is 1. The fraction of sp³-hybridized carbons (Fsp3) is 0.375. The molecule has 21 heavy (non-hydrogen) atoms. The van der Waals surface area contributed by atoms with Crippen molar-refractivity contribution in [2.45, 2.75) is 43.3 Å². The molecular weight excluding hydrogens is 346 g/mol. The van der Waals surface area contributed by atoms with Crippen LogP contribution in [-0.4, -0.2) is 16.5 Å². The van der Waals surface area contributed by atoms with Crippen LogP contribution in [0, 0.1) is 6.92 Å². The Labute approximate surface area is 139 Å². The Balaban J connectivity index is 2.09. The van der Waals surface area contributed by atoms with E-state index in [1.54, 1.807) is 11.8 Å². The third-order valence-electron chi connectivity index (χ3n) is 3.11. The largest absolute Gasteiger partial charge is 0.310 e. The Hall–Kier alpha value is -0.910. The SMILES string of the molecule is CCCNC(C)c1ccc(Sc2ncc(C)cn2)cc1Br. The van der Waals surface area contributed by atoms with Crippen LogP contribution >= 0.6 is 27.7 Å². The van der Waals surface area contributed by atoms with E-state index in [4.69, 9.17) is 0 Å². The summed E-state index contributed by atoms with van der Waals surface area (Å²) in [4.78, 5) is 9.79. The van der Waals surface area contributed by atoms with Crippen LogP contribution < -0.4 is 5.32 Å². The van der Waals surface area contributed by atoms with Gasteiger partial charge in [-0.3, -0.25) is 0 Å². The second-order valence-electron chi connectivity index (χ2n) is 5.00. The van der Waals surface area contributed by atoms with E-state index in [0.29, 0.717) is 6.04 Å². The number of aromatic nitrogens is 2. The molecule has 0 aliphatic rings. The van der Waals surface area contributed by atoms with Gasteiger partial charge >= 0.3 is 0 Å². The zero-order valence-corrected chi connectivity index (χ0v) is 15.0. The normalized spacial score (nSPS) is 12.4. The van der Waals surface area contributed by atoms with Crippen LogP contribution in [-0.2, 0) is 0 Å². The van der Waals surface area contributed by atoms with Crippen molar-refractivity contribution in [3.05, 3.63) is 46.2 Å². The third kappa shape index (κ3) is 4.80. The molecule has 5 heteroatoms. The molecule has 0 saturated heterocycles. The molecule has 2 aromatic rings. The lowest BCUT2D eigenvalue weighted by atomic mass is 10.1. The first kappa shape index (κ1) is 16.5. The number of halogens is 1. The highest BCUT2D eigenvalue weighted by atomic mass is 79.9. The maximum absolute atomic E-state index is 4.33. The van der Waals surface area contributed by atoms with Gasteiger partial charge in [0, 0.05) is 27.8 Å². The number of nitrogens with one attached hydrogen (secondary N) is 1. The molecule has 1 aromatic carbocycles. The number of nitrogens with zero attached hydrogens (tertiary/aromatic N) is 2. The summed E-state index contributed by atoms with van der Waals surface area (Å²) in [7, 11) is 0. The molecule has 1 aromatic heterocycles. The number of hydrogen-bond acceptors (Lipinski definition) is 4. The second-order valence-corrected chi connectivity index (χ2v) is 6.90. The maximum atomic E-state index is 4.33. The Morgan fingerprint density at radius 2 is 2.00 bits per heavy atom. The van der Waals surface area contributed by atoms with E-state index in [1.807, 2.05) is 19.3 Å². The molecule has 2 rings (SSSR count). The van der Waals surface area contributed by atoms with Crippen LogP contribution in [0.3, 0.4) is 0 Å². The Morgan fingerprint density at radius 3 is 2.62 bits per heavy atom. The summed E-state index contributed by atoms with van der Waals surface area (Å²) in [6.45, 7) is 7.38. The van der Waals surface area contributed by atoms with Gasteiger partial charge in [0.2, 0.25) is 0 Å². The van der Waals surface area contributed by atoms with Crippen molar-refractivity contribution >= 4 is 27.7 Å². The van der Waals surface area contributed by atoms with E-state index in [0.717, 1.165) is 33.1 Å². The summed E-state index contributed by atoms with van der Waals surface area (Å²) in [6.07, 6.45) is 4.83. The molecule has 1 unspecified atom stereocenters. The standard InChI is InChI=1S/C16H20BrN3S/c1-4-7-18-12(3)14-6-5-13(8-15(14)17)21-16-19-9-11(2)10-20-16/h5-6,8-10,12,18H,4,7H2,1-3H3. The molecule has 0 fully saturated rings. The minimum atomic E-state index is 0.342. The van der Waals surface area contributed by atoms with E-state index < -0.39 is 0 Å². The molecule has 1 atom stereocenters. The van der Waals surface area contributed by atoms with E-state index in [1.165, 1.54) is 5.56 Å². The number of rotatable bonds is 6. The van der Waals surface area contributed by atoms with Crippen molar-refractivity contribution in [3.8, 4) is 0 Å². The number of aryl methyl sites for hydroxylation is 1. The zero-order valence-electron chi connectivity index (χ0n) is 12.6. The van der Waals surface area contributed by atoms with Crippen molar-refractivity contribution in [2.24, 2.45) is 0 Å². The summed E-state index contributed by atoms with van der Waals surface area (Å²) in [6, 6.07) is 6.76. The highest BCUT2D eigenvalue weighted by Crippen LogP contribution is 2.31. The molecule has 1 heterocycles. The molecular formula is C16H20BrN3S. The lowest BCUT2D eigenvalue weighted by Crippen LogP contribution is -2.19. The molecule has 3 nitrogen and oxygen atoms in total. The van der Waals surface area contributed by atoms with Gasteiger partial charge in [0.25, 0.3) is 0 Å². The topological polar surface area (TPSA) is 37.8 Å². The van der Waals surface area contributed by atoms with Crippen molar-refractivity contribution in [1.29, 1.82) is 0 Å². The first-order valence-corrected chi connectivity index (χ1v) is 8.70. The van der Waals surface area contributed by atoms with Gasteiger partial charge < -0.3 is 5.32 Å². The first-order valence-electron chi connectivity index (χ1n) is 7.09. The van der Waals surface area contributed by atoms with Crippen LogP contribution in [0.4, 0.5) is 0 Å². The van der Waals surface area contributed by atoms with Gasteiger partial charge in [0.15, 0.2) is 5.16 Å². The zero-order chi connectivity index (χ0) is 15.2. The van der Waals surface area contributed by atoms with Crippen molar-refractivity contribution in [1.82, 2.24) is 15.3 Å².